The van der Waals surface area contributed by atoms with E-state index >= 15 is 0 Å². The van der Waals surface area contributed by atoms with Crippen LogP contribution < -0.4 is 5.63 Å². The summed E-state index contributed by atoms with van der Waals surface area (Å²) >= 11 is 0. The molecule has 4 aliphatic carbocycles. The molecule has 0 amide bonds. The number of hydrogen-bond acceptors (Lipinski definition) is 14. The number of hydrogen-bond donors (Lipinski definition) is 8. The number of rotatable bonds is 6. The molecule has 2 saturated heterocycles. The lowest BCUT2D eigenvalue weighted by Crippen LogP contribution is -2.65. The van der Waals surface area contributed by atoms with Crippen LogP contribution in [0.25, 0.3) is 0 Å². The van der Waals surface area contributed by atoms with Crippen molar-refractivity contribution in [1.29, 1.82) is 0 Å². The molecular weight excluding hydrogens is 656 g/mol. The van der Waals surface area contributed by atoms with Crippen molar-refractivity contribution in [2.75, 3.05) is 6.61 Å². The fourth-order valence-corrected chi connectivity index (χ4v) is 10.6. The molecule has 50 heavy (non-hydrogen) atoms. The first kappa shape index (κ1) is 36.6. The second kappa shape index (κ2) is 13.3. The van der Waals surface area contributed by atoms with Crippen LogP contribution >= 0.6 is 0 Å². The Labute approximate surface area is 290 Å². The van der Waals surface area contributed by atoms with E-state index in [1.165, 1.54) is 19.3 Å². The van der Waals surface area contributed by atoms with Gasteiger partial charge in [-0.2, -0.15) is 0 Å². The molecule has 6 aliphatic rings. The van der Waals surface area contributed by atoms with Gasteiger partial charge in [-0.05, 0) is 86.7 Å². The van der Waals surface area contributed by atoms with Crippen LogP contribution in [0.1, 0.15) is 77.2 Å². The molecule has 1 aromatic heterocycles. The van der Waals surface area contributed by atoms with Gasteiger partial charge in [0.05, 0.1) is 36.8 Å². The summed E-state index contributed by atoms with van der Waals surface area (Å²) in [6.45, 7) is 5.04. The van der Waals surface area contributed by atoms with Gasteiger partial charge in [-0.3, -0.25) is 0 Å². The van der Waals surface area contributed by atoms with E-state index in [2.05, 4.69) is 6.92 Å². The van der Waals surface area contributed by atoms with Gasteiger partial charge >= 0.3 is 5.63 Å². The van der Waals surface area contributed by atoms with E-state index in [4.69, 9.17) is 23.4 Å². The van der Waals surface area contributed by atoms with Gasteiger partial charge in [-0.25, -0.2) is 4.79 Å². The minimum atomic E-state index is -1.65. The zero-order valence-corrected chi connectivity index (χ0v) is 28.7. The Morgan fingerprint density at radius 2 is 1.58 bits per heavy atom. The van der Waals surface area contributed by atoms with E-state index < -0.39 is 96.9 Å². The van der Waals surface area contributed by atoms with Crippen LogP contribution in [0.4, 0.5) is 0 Å². The Morgan fingerprint density at radius 1 is 0.860 bits per heavy atom. The molecule has 0 radical (unpaired) electrons. The van der Waals surface area contributed by atoms with E-state index in [-0.39, 0.29) is 23.2 Å². The summed E-state index contributed by atoms with van der Waals surface area (Å²) in [7, 11) is 0. The first-order chi connectivity index (χ1) is 23.6. The van der Waals surface area contributed by atoms with E-state index in [0.29, 0.717) is 38.5 Å². The van der Waals surface area contributed by atoms with Gasteiger partial charge in [0.2, 0.25) is 0 Å². The van der Waals surface area contributed by atoms with E-state index in [0.717, 1.165) is 17.6 Å². The predicted molar refractivity (Wildman–Crippen MR) is 172 cm³/mol. The minimum absolute atomic E-state index is 0.0127. The average Bonchev–Trinajstić information content (AvgIpc) is 3.38. The topological polar surface area (TPSA) is 229 Å². The number of aliphatic hydroxyl groups excluding tert-OH is 7. The third-order valence-electron chi connectivity index (χ3n) is 13.7. The second-order valence-electron chi connectivity index (χ2n) is 16.0. The number of aliphatic hydroxyl groups is 8. The Hall–Kier alpha value is -1.79. The maximum Gasteiger partial charge on any atom is 0.335 e. The first-order valence-electron chi connectivity index (χ1n) is 18.0. The van der Waals surface area contributed by atoms with Gasteiger partial charge in [-0.1, -0.05) is 25.5 Å². The summed E-state index contributed by atoms with van der Waals surface area (Å²) in [5.74, 6) is -0.190. The third kappa shape index (κ3) is 5.57. The molecule has 0 aromatic carbocycles. The van der Waals surface area contributed by atoms with Crippen LogP contribution in [-0.2, 0) is 18.9 Å². The van der Waals surface area contributed by atoms with Crippen molar-refractivity contribution in [2.45, 2.75) is 151 Å². The standard InChI is InChI=1S/C36H52O14/c1-16-26(40)27(41)29(43)32(47-16)50-31-23(14-37)49-33(30(44)28(31)42)48-19-8-10-34(2)18(12-19)5-6-21-22(34)13-24(38)35(3)20(9-11-36(21,35)45)17-4-7-25(39)46-15-17/h4,7,12,15-16,19-24,26-33,37-38,40-45H,5-6,8-11,13-14H2,1-3H3/t16-,19+,20-,21?,22?,23+,24-,26-,27+,28-,29-,30+,31-,32+,33+,34+,35+,36+/m1/s1. The Morgan fingerprint density at radius 3 is 2.28 bits per heavy atom. The van der Waals surface area contributed by atoms with Gasteiger partial charge in [0.25, 0.3) is 0 Å². The zero-order valence-electron chi connectivity index (χ0n) is 28.7. The highest BCUT2D eigenvalue weighted by Gasteiger charge is 2.70. The Bertz CT molecular complexity index is 1460. The molecule has 7 rings (SSSR count). The van der Waals surface area contributed by atoms with Crippen molar-refractivity contribution >= 4 is 0 Å². The van der Waals surface area contributed by atoms with Gasteiger partial charge in [-0.15, -0.1) is 0 Å². The van der Waals surface area contributed by atoms with Gasteiger partial charge in [0, 0.05) is 11.5 Å². The zero-order chi connectivity index (χ0) is 35.9. The predicted octanol–water partition coefficient (Wildman–Crippen LogP) is -0.191. The van der Waals surface area contributed by atoms with Crippen molar-refractivity contribution in [1.82, 2.24) is 0 Å². The fourth-order valence-electron chi connectivity index (χ4n) is 10.6. The minimum Gasteiger partial charge on any atom is -0.431 e. The normalized spacial score (nSPS) is 52.1. The maximum atomic E-state index is 12.5. The molecule has 5 fully saturated rings. The Balaban J connectivity index is 1.05. The van der Waals surface area contributed by atoms with Crippen LogP contribution in [-0.4, -0.2) is 127 Å². The lowest BCUT2D eigenvalue weighted by molar-refractivity contribution is -0.359. The highest BCUT2D eigenvalue weighted by atomic mass is 16.7. The number of allylic oxidation sites excluding steroid dienone is 1. The smallest absolute Gasteiger partial charge is 0.335 e. The summed E-state index contributed by atoms with van der Waals surface area (Å²) in [5.41, 5.74) is -0.711. The molecule has 18 atom stereocenters. The summed E-state index contributed by atoms with van der Waals surface area (Å²) in [4.78, 5) is 11.6. The summed E-state index contributed by atoms with van der Waals surface area (Å²) in [5, 5.41) is 87.2. The molecule has 3 saturated carbocycles. The number of fused-ring (bicyclic) bond motifs is 5. The molecule has 0 spiro atoms. The lowest BCUT2D eigenvalue weighted by Gasteiger charge is -2.63. The first-order valence-corrected chi connectivity index (χ1v) is 18.0. The second-order valence-corrected chi connectivity index (χ2v) is 16.0. The van der Waals surface area contributed by atoms with Crippen molar-refractivity contribution < 1.29 is 64.2 Å². The molecule has 2 aliphatic heterocycles. The Kier molecular flexibility index (Phi) is 9.69. The molecule has 3 heterocycles. The molecule has 14 nitrogen and oxygen atoms in total. The van der Waals surface area contributed by atoms with E-state index in [1.54, 1.807) is 6.07 Å². The van der Waals surface area contributed by atoms with Gasteiger partial charge < -0.3 is 64.2 Å². The quantitative estimate of drug-likeness (QED) is 0.179. The molecule has 280 valence electrons. The van der Waals surface area contributed by atoms with Crippen LogP contribution in [0.5, 0.6) is 0 Å². The highest BCUT2D eigenvalue weighted by Crippen LogP contribution is 2.70. The van der Waals surface area contributed by atoms with Crippen LogP contribution in [0.15, 0.2) is 39.3 Å². The monoisotopic (exact) mass is 708 g/mol. The molecule has 14 heteroatoms. The SMILES string of the molecule is C[C@H]1O[C@@H](O[C@H]2[C@H](O)[C@H](O)[C@@H](O[C@@H]3C=C4CCC5C(C[C@@H](O)[C@]6(C)[C@@H](c7ccc(=O)oc7)CC[C@]56O)[C@@]4(C)CC3)O[C@H]2CO)[C@H](O)[C@@H](O)[C@@H]1O. The summed E-state index contributed by atoms with van der Waals surface area (Å²) < 4.78 is 28.5. The average molecular weight is 709 g/mol. The van der Waals surface area contributed by atoms with Gasteiger partial charge in [0.1, 0.15) is 42.7 Å². The van der Waals surface area contributed by atoms with Crippen molar-refractivity contribution in [3.8, 4) is 0 Å². The van der Waals surface area contributed by atoms with Gasteiger partial charge in [0.15, 0.2) is 12.6 Å². The lowest BCUT2D eigenvalue weighted by atomic mass is 9.44. The van der Waals surface area contributed by atoms with Crippen molar-refractivity contribution in [3.05, 3.63) is 46.0 Å². The molecule has 8 N–H and O–H groups in total. The molecule has 2 unspecified atom stereocenters. The van der Waals surface area contributed by atoms with Crippen LogP contribution in [0.2, 0.25) is 0 Å². The van der Waals surface area contributed by atoms with Crippen molar-refractivity contribution in [3.63, 3.8) is 0 Å². The van der Waals surface area contributed by atoms with Crippen LogP contribution in [0.3, 0.4) is 0 Å². The molecule has 0 bridgehead atoms. The number of ether oxygens (including phenoxy) is 4. The highest BCUT2D eigenvalue weighted by molar-refractivity contribution is 5.32. The van der Waals surface area contributed by atoms with Crippen LogP contribution in [0, 0.1) is 22.7 Å². The maximum absolute atomic E-state index is 12.5. The van der Waals surface area contributed by atoms with E-state index in [9.17, 15) is 45.6 Å². The summed E-state index contributed by atoms with van der Waals surface area (Å²) in [6, 6.07) is 3.13. The largest absolute Gasteiger partial charge is 0.431 e. The summed E-state index contributed by atoms with van der Waals surface area (Å²) in [6.07, 6.45) is -7.35. The molecule has 1 aromatic rings. The molecular formula is C36H52O14. The van der Waals surface area contributed by atoms with Crippen molar-refractivity contribution in [2.24, 2.45) is 22.7 Å². The van der Waals surface area contributed by atoms with E-state index in [1.807, 2.05) is 13.0 Å². The third-order valence-corrected chi connectivity index (χ3v) is 13.7. The fraction of sp³-hybridized carbons (Fsp3) is 0.806.